The van der Waals surface area contributed by atoms with E-state index in [1.807, 2.05) is 0 Å². The van der Waals surface area contributed by atoms with Crippen molar-refractivity contribution in [2.45, 2.75) is 19.0 Å². The third-order valence-electron chi connectivity index (χ3n) is 4.76. The first-order valence-corrected chi connectivity index (χ1v) is 9.71. The molecule has 2 N–H and O–H groups in total. The lowest BCUT2D eigenvalue weighted by Crippen LogP contribution is -2.45. The van der Waals surface area contributed by atoms with Gasteiger partial charge in [-0.15, -0.1) is 0 Å². The average molecular weight is 441 g/mol. The molecule has 3 rings (SSSR count). The molecular formula is C20H20ClF3N4O2. The molecule has 1 aromatic heterocycles. The van der Waals surface area contributed by atoms with Crippen molar-refractivity contribution in [1.29, 1.82) is 0 Å². The zero-order chi connectivity index (χ0) is 21.7. The first-order valence-electron chi connectivity index (χ1n) is 9.34. The second-order valence-corrected chi connectivity index (χ2v) is 7.40. The van der Waals surface area contributed by atoms with Gasteiger partial charge in [0.15, 0.2) is 0 Å². The molecular weight excluding hydrogens is 421 g/mol. The van der Waals surface area contributed by atoms with Gasteiger partial charge in [0.2, 0.25) is 11.8 Å². The number of benzene rings is 1. The molecule has 1 fully saturated rings. The van der Waals surface area contributed by atoms with Gasteiger partial charge in [-0.2, -0.15) is 13.2 Å². The number of carbonyl (C=O) groups excluding carboxylic acids is 2. The maximum absolute atomic E-state index is 12.8. The summed E-state index contributed by atoms with van der Waals surface area (Å²) in [6.07, 6.45) is -1.74. The van der Waals surface area contributed by atoms with E-state index >= 15 is 0 Å². The van der Waals surface area contributed by atoms with Crippen molar-refractivity contribution in [2.24, 2.45) is 5.92 Å². The second kappa shape index (κ2) is 9.34. The highest BCUT2D eigenvalue weighted by atomic mass is 35.5. The van der Waals surface area contributed by atoms with Crippen LogP contribution in [-0.4, -0.2) is 41.3 Å². The molecule has 0 bridgehead atoms. The normalized spacial score (nSPS) is 16.8. The van der Waals surface area contributed by atoms with Crippen molar-refractivity contribution in [2.75, 3.05) is 30.3 Å². The van der Waals surface area contributed by atoms with E-state index in [4.69, 9.17) is 11.6 Å². The molecule has 10 heteroatoms. The number of aromatic nitrogens is 1. The Bertz CT molecular complexity index is 906. The van der Waals surface area contributed by atoms with Crippen LogP contribution < -0.4 is 10.6 Å². The van der Waals surface area contributed by atoms with Crippen LogP contribution in [-0.2, 0) is 15.8 Å². The van der Waals surface area contributed by atoms with Crippen LogP contribution in [0.5, 0.6) is 0 Å². The van der Waals surface area contributed by atoms with Gasteiger partial charge in [-0.25, -0.2) is 4.98 Å². The van der Waals surface area contributed by atoms with E-state index in [-0.39, 0.29) is 30.6 Å². The molecule has 2 aromatic rings. The van der Waals surface area contributed by atoms with Crippen molar-refractivity contribution in [3.05, 3.63) is 53.2 Å². The maximum atomic E-state index is 12.8. The van der Waals surface area contributed by atoms with E-state index in [9.17, 15) is 22.8 Å². The number of alkyl halides is 3. The van der Waals surface area contributed by atoms with Crippen LogP contribution in [0.25, 0.3) is 0 Å². The minimum absolute atomic E-state index is 0.158. The minimum Gasteiger partial charge on any atom is -0.376 e. The van der Waals surface area contributed by atoms with Crippen LogP contribution in [0.1, 0.15) is 18.4 Å². The summed E-state index contributed by atoms with van der Waals surface area (Å²) in [7, 11) is 0. The molecule has 160 valence electrons. The molecule has 0 radical (unpaired) electrons. The fourth-order valence-corrected chi connectivity index (χ4v) is 3.30. The topological polar surface area (TPSA) is 74.3 Å². The van der Waals surface area contributed by atoms with Crippen LogP contribution in [0.15, 0.2) is 42.6 Å². The van der Waals surface area contributed by atoms with Crippen LogP contribution >= 0.6 is 11.6 Å². The van der Waals surface area contributed by atoms with Gasteiger partial charge in [0.05, 0.1) is 23.0 Å². The highest BCUT2D eigenvalue weighted by Crippen LogP contribution is 2.30. The predicted octanol–water partition coefficient (Wildman–Crippen LogP) is 4.04. The minimum atomic E-state index is -4.45. The third kappa shape index (κ3) is 5.85. The number of hydrogen-bond acceptors (Lipinski definition) is 4. The summed E-state index contributed by atoms with van der Waals surface area (Å²) in [5.74, 6) is -0.546. The van der Waals surface area contributed by atoms with Gasteiger partial charge in [-0.05, 0) is 43.2 Å². The van der Waals surface area contributed by atoms with E-state index in [2.05, 4.69) is 15.6 Å². The number of anilines is 2. The van der Waals surface area contributed by atoms with E-state index < -0.39 is 17.7 Å². The summed E-state index contributed by atoms with van der Waals surface area (Å²) < 4.78 is 38.4. The molecule has 1 saturated heterocycles. The molecule has 2 heterocycles. The number of carbonyl (C=O) groups is 2. The van der Waals surface area contributed by atoms with Gasteiger partial charge in [0, 0.05) is 25.0 Å². The van der Waals surface area contributed by atoms with Crippen LogP contribution in [0.3, 0.4) is 0 Å². The molecule has 1 aliphatic heterocycles. The second-order valence-electron chi connectivity index (χ2n) is 6.96. The summed E-state index contributed by atoms with van der Waals surface area (Å²) in [6.45, 7) is 0.572. The lowest BCUT2D eigenvalue weighted by molar-refractivity contribution is -0.137. The Morgan fingerprint density at radius 3 is 2.73 bits per heavy atom. The molecule has 0 aliphatic carbocycles. The van der Waals surface area contributed by atoms with Crippen molar-refractivity contribution in [1.82, 2.24) is 9.88 Å². The molecule has 6 nitrogen and oxygen atoms in total. The molecule has 1 aromatic carbocycles. The Balaban J connectivity index is 1.54. The highest BCUT2D eigenvalue weighted by molar-refractivity contribution is 6.30. The van der Waals surface area contributed by atoms with E-state index in [1.165, 1.54) is 18.3 Å². The Morgan fingerprint density at radius 2 is 2.03 bits per heavy atom. The van der Waals surface area contributed by atoms with Crippen molar-refractivity contribution in [3.8, 4) is 0 Å². The number of amides is 2. The number of nitrogens with one attached hydrogen (secondary N) is 2. The fourth-order valence-electron chi connectivity index (χ4n) is 3.19. The SMILES string of the molecule is O=C(Nc1ccc(Cl)cn1)C1CCCN(C(=O)CNc2cccc(C(F)(F)F)c2)C1. The van der Waals surface area contributed by atoms with Crippen LogP contribution in [0.4, 0.5) is 24.7 Å². The molecule has 0 spiro atoms. The number of pyridine rings is 1. The van der Waals surface area contributed by atoms with Crippen molar-refractivity contribution >= 4 is 34.9 Å². The zero-order valence-electron chi connectivity index (χ0n) is 15.9. The van der Waals surface area contributed by atoms with Gasteiger partial charge in [-0.1, -0.05) is 17.7 Å². The summed E-state index contributed by atoms with van der Waals surface area (Å²) >= 11 is 5.77. The molecule has 1 unspecified atom stereocenters. The largest absolute Gasteiger partial charge is 0.416 e. The standard InChI is InChI=1S/C20H20ClF3N4O2/c21-15-6-7-17(26-10-15)27-19(30)13-3-2-8-28(12-13)18(29)11-25-16-5-1-4-14(9-16)20(22,23)24/h1,4-7,9-10,13,25H,2-3,8,11-12H2,(H,26,27,30). The monoisotopic (exact) mass is 440 g/mol. The number of halogens is 4. The lowest BCUT2D eigenvalue weighted by atomic mass is 9.97. The Hall–Kier alpha value is -2.81. The smallest absolute Gasteiger partial charge is 0.376 e. The summed E-state index contributed by atoms with van der Waals surface area (Å²) in [5, 5.41) is 5.89. The van der Waals surface area contributed by atoms with Gasteiger partial charge >= 0.3 is 6.18 Å². The first kappa shape index (κ1) is 21.9. The number of piperidine rings is 1. The van der Waals surface area contributed by atoms with Gasteiger partial charge in [0.1, 0.15) is 5.82 Å². The summed E-state index contributed by atoms with van der Waals surface area (Å²) in [6, 6.07) is 7.87. The summed E-state index contributed by atoms with van der Waals surface area (Å²) in [5.41, 5.74) is -0.580. The molecule has 30 heavy (non-hydrogen) atoms. The van der Waals surface area contributed by atoms with E-state index in [0.29, 0.717) is 30.2 Å². The van der Waals surface area contributed by atoms with Crippen LogP contribution in [0.2, 0.25) is 5.02 Å². The Labute approximate surface area is 176 Å². The number of rotatable bonds is 5. The fraction of sp³-hybridized carbons (Fsp3) is 0.350. The lowest BCUT2D eigenvalue weighted by Gasteiger charge is -2.32. The molecule has 1 aliphatic rings. The van der Waals surface area contributed by atoms with Crippen molar-refractivity contribution in [3.63, 3.8) is 0 Å². The summed E-state index contributed by atoms with van der Waals surface area (Å²) in [4.78, 5) is 30.6. The number of likely N-dealkylation sites (tertiary alicyclic amines) is 1. The number of hydrogen-bond donors (Lipinski definition) is 2. The molecule has 0 saturated carbocycles. The van der Waals surface area contributed by atoms with Gasteiger partial charge in [0.25, 0.3) is 0 Å². The first-order chi connectivity index (χ1) is 14.2. The predicted molar refractivity (Wildman–Crippen MR) is 107 cm³/mol. The zero-order valence-corrected chi connectivity index (χ0v) is 16.6. The van der Waals surface area contributed by atoms with E-state index in [0.717, 1.165) is 12.1 Å². The van der Waals surface area contributed by atoms with E-state index in [1.54, 1.807) is 17.0 Å². The number of nitrogens with zero attached hydrogens (tertiary/aromatic N) is 2. The van der Waals surface area contributed by atoms with Crippen molar-refractivity contribution < 1.29 is 22.8 Å². The molecule has 2 amide bonds. The van der Waals surface area contributed by atoms with Gasteiger partial charge < -0.3 is 15.5 Å². The maximum Gasteiger partial charge on any atom is 0.416 e. The molecule has 1 atom stereocenters. The third-order valence-corrected chi connectivity index (χ3v) is 4.98. The quantitative estimate of drug-likeness (QED) is 0.735. The Kier molecular flexibility index (Phi) is 6.81. The van der Waals surface area contributed by atoms with Gasteiger partial charge in [-0.3, -0.25) is 9.59 Å². The Morgan fingerprint density at radius 1 is 1.23 bits per heavy atom. The van der Waals surface area contributed by atoms with Crippen LogP contribution in [0, 0.1) is 5.92 Å². The average Bonchev–Trinajstić information content (AvgIpc) is 2.73. The highest BCUT2D eigenvalue weighted by Gasteiger charge is 2.31.